The van der Waals surface area contributed by atoms with Gasteiger partial charge in [0.1, 0.15) is 0 Å². The van der Waals surface area contributed by atoms with Crippen molar-refractivity contribution in [3.05, 3.63) is 101 Å². The fraction of sp³-hybridized carbons (Fsp3) is 0.208. The van der Waals surface area contributed by atoms with E-state index in [9.17, 15) is 9.90 Å². The van der Waals surface area contributed by atoms with E-state index in [-0.39, 0.29) is 5.56 Å². The Kier molecular flexibility index (Phi) is 6.26. The number of aromatic carboxylic acids is 1. The predicted molar refractivity (Wildman–Crippen MR) is 108 cm³/mol. The van der Waals surface area contributed by atoms with Crippen molar-refractivity contribution in [1.82, 2.24) is 0 Å². The zero-order chi connectivity index (χ0) is 19.1. The van der Waals surface area contributed by atoms with Crippen LogP contribution in [-0.2, 0) is 19.4 Å². The van der Waals surface area contributed by atoms with Crippen molar-refractivity contribution in [3.63, 3.8) is 0 Å². The predicted octanol–water partition coefficient (Wildman–Crippen LogP) is 3.86. The molecule has 0 aliphatic carbocycles. The molecule has 0 saturated heterocycles. The van der Waals surface area contributed by atoms with E-state index in [1.54, 1.807) is 12.1 Å². The molecule has 3 aromatic rings. The van der Waals surface area contributed by atoms with E-state index < -0.39 is 5.97 Å². The van der Waals surface area contributed by atoms with Crippen molar-refractivity contribution in [1.29, 1.82) is 0 Å². The highest BCUT2D eigenvalue weighted by molar-refractivity contribution is 5.93. The Morgan fingerprint density at radius 1 is 0.815 bits per heavy atom. The van der Waals surface area contributed by atoms with E-state index in [1.807, 2.05) is 31.2 Å². The van der Waals surface area contributed by atoms with Crippen molar-refractivity contribution < 1.29 is 9.90 Å². The average Bonchev–Trinajstić information content (AvgIpc) is 2.72. The standard InChI is InChI=1S/C24H25NO2/c1-2-25(23-15-9-8-14-22(23)24(26)27)18-21-13-7-6-12-20(21)17-16-19-10-4-3-5-11-19/h3-15H,2,16-18H2,1H3,(H,26,27)/p-1. The van der Waals surface area contributed by atoms with Gasteiger partial charge in [0.05, 0.1) is 5.97 Å². The topological polar surface area (TPSA) is 43.4 Å². The monoisotopic (exact) mass is 358 g/mol. The summed E-state index contributed by atoms with van der Waals surface area (Å²) in [5.74, 6) is -1.14. The van der Waals surface area contributed by atoms with Crippen LogP contribution in [-0.4, -0.2) is 12.5 Å². The summed E-state index contributed by atoms with van der Waals surface area (Å²) in [6.45, 7) is 3.43. The highest BCUT2D eigenvalue weighted by Gasteiger charge is 2.12. The fourth-order valence-corrected chi connectivity index (χ4v) is 3.37. The molecule has 0 fully saturated rings. The lowest BCUT2D eigenvalue weighted by molar-refractivity contribution is -0.254. The maximum absolute atomic E-state index is 11.5. The summed E-state index contributed by atoms with van der Waals surface area (Å²) in [6.07, 6.45) is 1.94. The molecule has 0 spiro atoms. The Morgan fingerprint density at radius 2 is 1.44 bits per heavy atom. The molecule has 3 rings (SSSR count). The molecular weight excluding hydrogens is 334 g/mol. The minimum atomic E-state index is -1.14. The molecule has 3 aromatic carbocycles. The van der Waals surface area contributed by atoms with Gasteiger partial charge >= 0.3 is 0 Å². The summed E-state index contributed by atoms with van der Waals surface area (Å²) < 4.78 is 0. The fourth-order valence-electron chi connectivity index (χ4n) is 3.37. The van der Waals surface area contributed by atoms with Gasteiger partial charge in [-0.2, -0.15) is 0 Å². The first kappa shape index (κ1) is 18.7. The van der Waals surface area contributed by atoms with E-state index in [0.29, 0.717) is 12.2 Å². The van der Waals surface area contributed by atoms with Crippen LogP contribution in [0.1, 0.15) is 34.0 Å². The lowest BCUT2D eigenvalue weighted by atomic mass is 9.99. The van der Waals surface area contributed by atoms with Gasteiger partial charge in [0, 0.05) is 24.3 Å². The molecule has 0 unspecified atom stereocenters. The van der Waals surface area contributed by atoms with E-state index in [2.05, 4.69) is 47.4 Å². The van der Waals surface area contributed by atoms with E-state index >= 15 is 0 Å². The van der Waals surface area contributed by atoms with E-state index in [0.717, 1.165) is 19.4 Å². The highest BCUT2D eigenvalue weighted by Crippen LogP contribution is 2.23. The van der Waals surface area contributed by atoms with Gasteiger partial charge in [-0.3, -0.25) is 0 Å². The normalized spacial score (nSPS) is 10.6. The number of para-hydroxylation sites is 1. The number of nitrogens with zero attached hydrogens (tertiary/aromatic N) is 1. The molecule has 0 atom stereocenters. The molecule has 138 valence electrons. The van der Waals surface area contributed by atoms with Crippen LogP contribution < -0.4 is 10.0 Å². The third-order valence-corrected chi connectivity index (χ3v) is 4.85. The molecule has 0 amide bonds. The Balaban J connectivity index is 1.81. The number of carboxylic acid groups (broad SMARTS) is 1. The summed E-state index contributed by atoms with van der Waals surface area (Å²) in [4.78, 5) is 13.6. The van der Waals surface area contributed by atoms with Crippen LogP contribution in [0.3, 0.4) is 0 Å². The molecule has 0 heterocycles. The lowest BCUT2D eigenvalue weighted by Crippen LogP contribution is -2.29. The summed E-state index contributed by atoms with van der Waals surface area (Å²) in [5, 5.41) is 11.5. The Bertz CT molecular complexity index is 890. The molecule has 0 N–H and O–H groups in total. The zero-order valence-electron chi connectivity index (χ0n) is 15.6. The molecule has 0 radical (unpaired) electrons. The Morgan fingerprint density at radius 3 is 2.15 bits per heavy atom. The third-order valence-electron chi connectivity index (χ3n) is 4.85. The first-order chi connectivity index (χ1) is 13.2. The van der Waals surface area contributed by atoms with Crippen molar-refractivity contribution in [2.75, 3.05) is 11.4 Å². The smallest absolute Gasteiger partial charge is 0.0736 e. The van der Waals surface area contributed by atoms with Crippen molar-refractivity contribution in [2.24, 2.45) is 0 Å². The second-order valence-electron chi connectivity index (χ2n) is 6.57. The van der Waals surface area contributed by atoms with Gasteiger partial charge in [0.2, 0.25) is 0 Å². The first-order valence-corrected chi connectivity index (χ1v) is 9.35. The van der Waals surface area contributed by atoms with Gasteiger partial charge in [-0.1, -0.05) is 72.8 Å². The second-order valence-corrected chi connectivity index (χ2v) is 6.57. The molecule has 0 aliphatic heterocycles. The molecule has 27 heavy (non-hydrogen) atoms. The van der Waals surface area contributed by atoms with E-state index in [1.165, 1.54) is 16.7 Å². The lowest BCUT2D eigenvalue weighted by Gasteiger charge is -2.27. The molecule has 0 aromatic heterocycles. The van der Waals surface area contributed by atoms with Crippen LogP contribution in [0, 0.1) is 0 Å². The van der Waals surface area contributed by atoms with Gasteiger partial charge in [0.15, 0.2) is 0 Å². The van der Waals surface area contributed by atoms with Crippen LogP contribution in [0.15, 0.2) is 78.9 Å². The molecule has 0 aliphatic rings. The number of benzene rings is 3. The van der Waals surface area contributed by atoms with Crippen LogP contribution in [0.4, 0.5) is 5.69 Å². The summed E-state index contributed by atoms with van der Waals surface area (Å²) >= 11 is 0. The largest absolute Gasteiger partial charge is 0.545 e. The summed E-state index contributed by atoms with van der Waals surface area (Å²) in [6, 6.07) is 25.9. The van der Waals surface area contributed by atoms with Crippen molar-refractivity contribution >= 4 is 11.7 Å². The van der Waals surface area contributed by atoms with Crippen LogP contribution in [0.2, 0.25) is 0 Å². The molecule has 0 saturated carbocycles. The second kappa shape index (κ2) is 9.04. The van der Waals surface area contributed by atoms with Crippen LogP contribution >= 0.6 is 0 Å². The zero-order valence-corrected chi connectivity index (χ0v) is 15.6. The van der Waals surface area contributed by atoms with Gasteiger partial charge in [0.25, 0.3) is 0 Å². The van der Waals surface area contributed by atoms with Crippen LogP contribution in [0.5, 0.6) is 0 Å². The Hall–Kier alpha value is -3.07. The molecular formula is C24H24NO2-. The number of aryl methyl sites for hydroxylation is 2. The van der Waals surface area contributed by atoms with Crippen molar-refractivity contribution in [3.8, 4) is 0 Å². The summed E-state index contributed by atoms with van der Waals surface area (Å²) in [7, 11) is 0. The van der Waals surface area contributed by atoms with Gasteiger partial charge in [-0.15, -0.1) is 0 Å². The molecule has 3 heteroatoms. The summed E-state index contributed by atoms with van der Waals surface area (Å²) in [5.41, 5.74) is 4.79. The third kappa shape index (κ3) is 4.76. The van der Waals surface area contributed by atoms with Crippen LogP contribution in [0.25, 0.3) is 0 Å². The average molecular weight is 358 g/mol. The Labute approximate surface area is 160 Å². The number of carbonyl (C=O) groups is 1. The number of carbonyl (C=O) groups excluding carboxylic acids is 1. The number of carboxylic acids is 1. The van der Waals surface area contributed by atoms with Gasteiger partial charge in [-0.05, 0) is 42.5 Å². The first-order valence-electron chi connectivity index (χ1n) is 9.35. The maximum atomic E-state index is 11.5. The minimum Gasteiger partial charge on any atom is -0.545 e. The minimum absolute atomic E-state index is 0.237. The molecule has 0 bridgehead atoms. The quantitative estimate of drug-likeness (QED) is 0.614. The number of anilines is 1. The van der Waals surface area contributed by atoms with Gasteiger partial charge < -0.3 is 14.8 Å². The van der Waals surface area contributed by atoms with E-state index in [4.69, 9.17) is 0 Å². The highest BCUT2D eigenvalue weighted by atomic mass is 16.4. The number of rotatable bonds is 8. The maximum Gasteiger partial charge on any atom is 0.0736 e. The molecule has 3 nitrogen and oxygen atoms in total. The van der Waals surface area contributed by atoms with Gasteiger partial charge in [-0.25, -0.2) is 0 Å². The van der Waals surface area contributed by atoms with Crippen molar-refractivity contribution in [2.45, 2.75) is 26.3 Å². The number of hydrogen-bond acceptors (Lipinski definition) is 3. The SMILES string of the molecule is CCN(Cc1ccccc1CCc1ccccc1)c1ccccc1C(=O)[O-]. The number of hydrogen-bond donors (Lipinski definition) is 0.